The predicted octanol–water partition coefficient (Wildman–Crippen LogP) is 4.24. The first-order chi connectivity index (χ1) is 13.7. The maximum atomic E-state index is 13.3. The molecule has 1 aromatic heterocycles. The SMILES string of the molecule is C=C(CCC(=O)Nc1ccc(C(F)F)cn1)NC(=O)COc1ccc(Cl)c(F)c1. The van der Waals surface area contributed by atoms with Crippen molar-refractivity contribution in [2.45, 2.75) is 19.3 Å². The molecule has 0 aliphatic rings. The fourth-order valence-electron chi connectivity index (χ4n) is 2.09. The Kier molecular flexibility index (Phi) is 8.02. The monoisotopic (exact) mass is 427 g/mol. The normalized spacial score (nSPS) is 10.5. The molecule has 0 aliphatic carbocycles. The van der Waals surface area contributed by atoms with Crippen LogP contribution >= 0.6 is 11.6 Å². The van der Waals surface area contributed by atoms with Gasteiger partial charge in [0.25, 0.3) is 12.3 Å². The first-order valence-corrected chi connectivity index (χ1v) is 8.72. The molecule has 2 rings (SSSR count). The number of ether oxygens (including phenoxy) is 1. The summed E-state index contributed by atoms with van der Waals surface area (Å²) in [5, 5.41) is 4.85. The smallest absolute Gasteiger partial charge is 0.265 e. The molecule has 1 heterocycles. The molecule has 0 saturated carbocycles. The summed E-state index contributed by atoms with van der Waals surface area (Å²) in [6.45, 7) is 3.26. The highest BCUT2D eigenvalue weighted by atomic mass is 35.5. The minimum Gasteiger partial charge on any atom is -0.484 e. The summed E-state index contributed by atoms with van der Waals surface area (Å²) in [5.41, 5.74) is 0.0275. The zero-order valence-corrected chi connectivity index (χ0v) is 15.8. The van der Waals surface area contributed by atoms with Gasteiger partial charge in [0, 0.05) is 29.9 Å². The molecule has 10 heteroatoms. The summed E-state index contributed by atoms with van der Waals surface area (Å²) in [7, 11) is 0. The number of carbonyl (C=O) groups is 2. The lowest BCUT2D eigenvalue weighted by Gasteiger charge is -2.10. The van der Waals surface area contributed by atoms with Crippen molar-refractivity contribution in [2.75, 3.05) is 11.9 Å². The van der Waals surface area contributed by atoms with Gasteiger partial charge in [-0.05, 0) is 30.7 Å². The molecule has 29 heavy (non-hydrogen) atoms. The van der Waals surface area contributed by atoms with Crippen molar-refractivity contribution in [1.29, 1.82) is 0 Å². The minimum atomic E-state index is -2.64. The van der Waals surface area contributed by atoms with E-state index >= 15 is 0 Å². The van der Waals surface area contributed by atoms with Crippen molar-refractivity contribution in [1.82, 2.24) is 10.3 Å². The van der Waals surface area contributed by atoms with Gasteiger partial charge in [0.15, 0.2) is 6.61 Å². The van der Waals surface area contributed by atoms with Crippen LogP contribution < -0.4 is 15.4 Å². The van der Waals surface area contributed by atoms with Crippen molar-refractivity contribution in [3.8, 4) is 5.75 Å². The second-order valence-corrected chi connectivity index (χ2v) is 6.25. The van der Waals surface area contributed by atoms with Crippen molar-refractivity contribution < 1.29 is 27.5 Å². The standard InChI is InChI=1S/C19H17ClF3N3O3/c1-11(25-18(28)10-29-13-4-5-14(20)15(21)8-13)2-7-17(27)26-16-6-3-12(9-24-16)19(22)23/h3-6,8-9,19H,1-2,7,10H2,(H,25,28)(H,24,26,27). The predicted molar refractivity (Wildman–Crippen MR) is 101 cm³/mol. The van der Waals surface area contributed by atoms with Gasteiger partial charge in [0.1, 0.15) is 17.4 Å². The van der Waals surface area contributed by atoms with Crippen molar-refractivity contribution in [2.24, 2.45) is 0 Å². The number of hydrogen-bond donors (Lipinski definition) is 2. The number of pyridine rings is 1. The maximum Gasteiger partial charge on any atom is 0.265 e. The molecule has 0 spiro atoms. The average Bonchev–Trinajstić information content (AvgIpc) is 2.68. The van der Waals surface area contributed by atoms with Crippen LogP contribution in [0.25, 0.3) is 0 Å². The van der Waals surface area contributed by atoms with Gasteiger partial charge < -0.3 is 15.4 Å². The molecule has 2 N–H and O–H groups in total. The first kappa shape index (κ1) is 22.2. The highest BCUT2D eigenvalue weighted by Crippen LogP contribution is 2.20. The van der Waals surface area contributed by atoms with Gasteiger partial charge >= 0.3 is 0 Å². The highest BCUT2D eigenvalue weighted by Gasteiger charge is 2.10. The minimum absolute atomic E-state index is 0.0132. The number of carbonyl (C=O) groups excluding carboxylic acids is 2. The molecule has 0 saturated heterocycles. The largest absolute Gasteiger partial charge is 0.484 e. The van der Waals surface area contributed by atoms with Gasteiger partial charge in [-0.15, -0.1) is 0 Å². The van der Waals surface area contributed by atoms with Gasteiger partial charge in [0.05, 0.1) is 5.02 Å². The molecule has 2 amide bonds. The lowest BCUT2D eigenvalue weighted by molar-refractivity contribution is -0.122. The van der Waals surface area contributed by atoms with Crippen molar-refractivity contribution in [3.05, 3.63) is 65.2 Å². The Morgan fingerprint density at radius 2 is 1.93 bits per heavy atom. The molecular weight excluding hydrogens is 411 g/mol. The number of anilines is 1. The van der Waals surface area contributed by atoms with E-state index in [-0.39, 0.29) is 47.3 Å². The number of alkyl halides is 2. The molecule has 0 atom stereocenters. The summed E-state index contributed by atoms with van der Waals surface area (Å²) in [5.74, 6) is -1.35. The van der Waals surface area contributed by atoms with E-state index in [1.165, 1.54) is 24.3 Å². The van der Waals surface area contributed by atoms with Crippen LogP contribution in [0.4, 0.5) is 19.0 Å². The molecule has 0 aliphatic heterocycles. The van der Waals surface area contributed by atoms with Gasteiger partial charge in [-0.2, -0.15) is 0 Å². The molecule has 1 aromatic carbocycles. The molecule has 2 aromatic rings. The van der Waals surface area contributed by atoms with E-state index in [1.54, 1.807) is 0 Å². The Balaban J connectivity index is 1.70. The third kappa shape index (κ3) is 7.46. The van der Waals surface area contributed by atoms with E-state index in [1.807, 2.05) is 0 Å². The lowest BCUT2D eigenvalue weighted by atomic mass is 10.2. The number of benzene rings is 1. The quantitative estimate of drug-likeness (QED) is 0.627. The number of halogens is 4. The molecular formula is C19H17ClF3N3O3. The third-order valence-corrected chi connectivity index (χ3v) is 3.84. The van der Waals surface area contributed by atoms with Crippen LogP contribution in [0, 0.1) is 5.82 Å². The summed E-state index contributed by atoms with van der Waals surface area (Å²) >= 11 is 5.55. The van der Waals surface area contributed by atoms with Gasteiger partial charge in [-0.3, -0.25) is 9.59 Å². The van der Waals surface area contributed by atoms with Crippen LogP contribution in [-0.4, -0.2) is 23.4 Å². The number of nitrogens with zero attached hydrogens (tertiary/aromatic N) is 1. The Hall–Kier alpha value is -3.07. The zero-order chi connectivity index (χ0) is 21.4. The molecule has 0 fully saturated rings. The van der Waals surface area contributed by atoms with Gasteiger partial charge in [-0.1, -0.05) is 18.2 Å². The number of allylic oxidation sites excluding steroid dienone is 1. The molecule has 0 unspecified atom stereocenters. The molecule has 154 valence electrons. The van der Waals surface area contributed by atoms with Crippen LogP contribution in [-0.2, 0) is 9.59 Å². The van der Waals surface area contributed by atoms with Crippen LogP contribution in [0.15, 0.2) is 48.8 Å². The van der Waals surface area contributed by atoms with E-state index in [2.05, 4.69) is 22.2 Å². The van der Waals surface area contributed by atoms with E-state index < -0.39 is 24.1 Å². The van der Waals surface area contributed by atoms with Crippen LogP contribution in [0.2, 0.25) is 5.02 Å². The number of hydrogen-bond acceptors (Lipinski definition) is 4. The Bertz CT molecular complexity index is 892. The number of amides is 2. The second kappa shape index (κ2) is 10.5. The van der Waals surface area contributed by atoms with Crippen LogP contribution in [0.5, 0.6) is 5.75 Å². The number of aromatic nitrogens is 1. The highest BCUT2D eigenvalue weighted by molar-refractivity contribution is 6.30. The summed E-state index contributed by atoms with van der Waals surface area (Å²) < 4.78 is 43.4. The van der Waals surface area contributed by atoms with Crippen LogP contribution in [0.3, 0.4) is 0 Å². The Labute approximate surface area is 169 Å². The summed E-state index contributed by atoms with van der Waals surface area (Å²) in [4.78, 5) is 27.4. The summed E-state index contributed by atoms with van der Waals surface area (Å²) in [6, 6.07) is 6.21. The zero-order valence-electron chi connectivity index (χ0n) is 15.1. The Morgan fingerprint density at radius 1 is 1.17 bits per heavy atom. The number of nitrogens with one attached hydrogen (secondary N) is 2. The maximum absolute atomic E-state index is 13.3. The molecule has 6 nitrogen and oxygen atoms in total. The van der Waals surface area contributed by atoms with Crippen molar-refractivity contribution >= 4 is 29.2 Å². The first-order valence-electron chi connectivity index (χ1n) is 8.34. The van der Waals surface area contributed by atoms with E-state index in [0.717, 1.165) is 12.3 Å². The second-order valence-electron chi connectivity index (χ2n) is 5.84. The van der Waals surface area contributed by atoms with Crippen molar-refractivity contribution in [3.63, 3.8) is 0 Å². The topological polar surface area (TPSA) is 80.3 Å². The fourth-order valence-corrected chi connectivity index (χ4v) is 2.21. The van der Waals surface area contributed by atoms with E-state index in [9.17, 15) is 22.8 Å². The number of rotatable bonds is 9. The summed E-state index contributed by atoms with van der Waals surface area (Å²) in [6.07, 6.45) is -1.53. The fraction of sp³-hybridized carbons (Fsp3) is 0.211. The molecule has 0 bridgehead atoms. The third-order valence-electron chi connectivity index (χ3n) is 3.54. The lowest BCUT2D eigenvalue weighted by Crippen LogP contribution is -2.28. The van der Waals surface area contributed by atoms with E-state index in [4.69, 9.17) is 16.3 Å². The van der Waals surface area contributed by atoms with Gasteiger partial charge in [-0.25, -0.2) is 18.2 Å². The van der Waals surface area contributed by atoms with Gasteiger partial charge in [0.2, 0.25) is 5.91 Å². The molecule has 0 radical (unpaired) electrons. The van der Waals surface area contributed by atoms with E-state index in [0.29, 0.717) is 0 Å². The van der Waals surface area contributed by atoms with Crippen LogP contribution in [0.1, 0.15) is 24.8 Å². The Morgan fingerprint density at radius 3 is 2.55 bits per heavy atom. The average molecular weight is 428 g/mol.